The zero-order chi connectivity index (χ0) is 14.7. The van der Waals surface area contributed by atoms with Crippen LogP contribution in [0.15, 0.2) is 69.0 Å². The van der Waals surface area contributed by atoms with Gasteiger partial charge in [-0.1, -0.05) is 42.5 Å². The van der Waals surface area contributed by atoms with Gasteiger partial charge in [0.1, 0.15) is 0 Å². The highest BCUT2D eigenvalue weighted by Gasteiger charge is 2.23. The number of halogens is 1. The van der Waals surface area contributed by atoms with Crippen LogP contribution in [0.3, 0.4) is 0 Å². The molecule has 1 amide bonds. The molecule has 2 aromatic carbocycles. The molecular weight excluding hydrogens is 348 g/mol. The molecule has 0 unspecified atom stereocenters. The molecule has 0 radical (unpaired) electrons. The number of carbonyl (C=O) groups is 1. The SMILES string of the molecule is O=C1NC(=Nc2ccccc2Br)S/C1=C/c1ccccc1. The first-order chi connectivity index (χ1) is 10.2. The summed E-state index contributed by atoms with van der Waals surface area (Å²) in [6.07, 6.45) is 1.86. The van der Waals surface area contributed by atoms with Crippen LogP contribution in [0, 0.1) is 0 Å². The fraction of sp³-hybridized carbons (Fsp3) is 0. The van der Waals surface area contributed by atoms with E-state index in [1.54, 1.807) is 0 Å². The maximum atomic E-state index is 12.0. The summed E-state index contributed by atoms with van der Waals surface area (Å²) in [7, 11) is 0. The zero-order valence-electron chi connectivity index (χ0n) is 10.9. The highest BCUT2D eigenvalue weighted by Crippen LogP contribution is 2.30. The molecule has 21 heavy (non-hydrogen) atoms. The highest BCUT2D eigenvalue weighted by atomic mass is 79.9. The Balaban J connectivity index is 1.85. The van der Waals surface area contributed by atoms with E-state index in [2.05, 4.69) is 26.2 Å². The summed E-state index contributed by atoms with van der Waals surface area (Å²) in [4.78, 5) is 17.1. The second-order valence-electron chi connectivity index (χ2n) is 4.34. The molecule has 2 aromatic rings. The van der Waals surface area contributed by atoms with Crippen molar-refractivity contribution in [3.05, 3.63) is 69.5 Å². The van der Waals surface area contributed by atoms with E-state index in [1.165, 1.54) is 11.8 Å². The molecular formula is C16H11BrN2OS. The molecule has 104 valence electrons. The molecule has 3 rings (SSSR count). The monoisotopic (exact) mass is 358 g/mol. The van der Waals surface area contributed by atoms with E-state index in [0.717, 1.165) is 15.7 Å². The summed E-state index contributed by atoms with van der Waals surface area (Å²) in [5.74, 6) is -0.116. The second-order valence-corrected chi connectivity index (χ2v) is 6.23. The number of thioether (sulfide) groups is 1. The van der Waals surface area contributed by atoms with Crippen molar-refractivity contribution >= 4 is 50.5 Å². The molecule has 1 fully saturated rings. The first-order valence-corrected chi connectivity index (χ1v) is 7.92. The van der Waals surface area contributed by atoms with Crippen molar-refractivity contribution in [1.82, 2.24) is 5.32 Å². The van der Waals surface area contributed by atoms with Crippen molar-refractivity contribution in [2.45, 2.75) is 0 Å². The molecule has 1 N–H and O–H groups in total. The van der Waals surface area contributed by atoms with Crippen molar-refractivity contribution in [2.75, 3.05) is 0 Å². The number of hydrogen-bond donors (Lipinski definition) is 1. The van der Waals surface area contributed by atoms with Crippen LogP contribution in [0.5, 0.6) is 0 Å². The van der Waals surface area contributed by atoms with Gasteiger partial charge in [0.2, 0.25) is 0 Å². The Morgan fingerprint density at radius 2 is 1.76 bits per heavy atom. The molecule has 5 heteroatoms. The van der Waals surface area contributed by atoms with Crippen LogP contribution in [0.1, 0.15) is 5.56 Å². The Morgan fingerprint density at radius 1 is 1.05 bits per heavy atom. The van der Waals surface area contributed by atoms with Gasteiger partial charge in [-0.05, 0) is 51.5 Å². The number of hydrogen-bond acceptors (Lipinski definition) is 3. The lowest BCUT2D eigenvalue weighted by molar-refractivity contribution is -0.115. The Morgan fingerprint density at radius 3 is 2.52 bits per heavy atom. The van der Waals surface area contributed by atoms with Crippen LogP contribution in [0.4, 0.5) is 5.69 Å². The number of amidine groups is 1. The molecule has 0 bridgehead atoms. The van der Waals surface area contributed by atoms with Gasteiger partial charge in [-0.3, -0.25) is 4.79 Å². The van der Waals surface area contributed by atoms with Crippen molar-refractivity contribution in [2.24, 2.45) is 4.99 Å². The van der Waals surface area contributed by atoms with Crippen LogP contribution in [0.2, 0.25) is 0 Å². The highest BCUT2D eigenvalue weighted by molar-refractivity contribution is 9.10. The van der Waals surface area contributed by atoms with Gasteiger partial charge in [0.15, 0.2) is 5.17 Å². The minimum Gasteiger partial charge on any atom is -0.300 e. The first-order valence-electron chi connectivity index (χ1n) is 6.31. The number of amides is 1. The van der Waals surface area contributed by atoms with Crippen molar-refractivity contribution in [3.8, 4) is 0 Å². The lowest BCUT2D eigenvalue weighted by Gasteiger charge is -1.98. The number of nitrogens with zero attached hydrogens (tertiary/aromatic N) is 1. The van der Waals surface area contributed by atoms with E-state index < -0.39 is 0 Å². The predicted octanol–water partition coefficient (Wildman–Crippen LogP) is 4.34. The van der Waals surface area contributed by atoms with Crippen LogP contribution in [-0.2, 0) is 4.79 Å². The number of para-hydroxylation sites is 1. The van der Waals surface area contributed by atoms with Crippen LogP contribution >= 0.6 is 27.7 Å². The number of carbonyl (C=O) groups excluding carboxylic acids is 1. The second kappa shape index (κ2) is 6.28. The number of aliphatic imine (C=N–C) groups is 1. The van der Waals surface area contributed by atoms with Gasteiger partial charge in [-0.25, -0.2) is 4.99 Å². The molecule has 1 saturated heterocycles. The van der Waals surface area contributed by atoms with Crippen molar-refractivity contribution in [3.63, 3.8) is 0 Å². The van der Waals surface area contributed by atoms with Gasteiger partial charge in [-0.2, -0.15) is 0 Å². The predicted molar refractivity (Wildman–Crippen MR) is 91.4 cm³/mol. The van der Waals surface area contributed by atoms with E-state index in [0.29, 0.717) is 10.1 Å². The molecule has 1 aliphatic heterocycles. The Labute approximate surface area is 135 Å². The van der Waals surface area contributed by atoms with Crippen LogP contribution < -0.4 is 5.32 Å². The fourth-order valence-corrected chi connectivity index (χ4v) is 3.04. The topological polar surface area (TPSA) is 41.5 Å². The first kappa shape index (κ1) is 14.1. The molecule has 0 aromatic heterocycles. The summed E-state index contributed by atoms with van der Waals surface area (Å²) in [5, 5.41) is 3.38. The van der Waals surface area contributed by atoms with Crippen LogP contribution in [0.25, 0.3) is 6.08 Å². The van der Waals surface area contributed by atoms with Crippen molar-refractivity contribution in [1.29, 1.82) is 0 Å². The number of rotatable bonds is 2. The van der Waals surface area contributed by atoms with Gasteiger partial charge in [0.05, 0.1) is 10.6 Å². The summed E-state index contributed by atoms with van der Waals surface area (Å²) < 4.78 is 0.896. The number of benzene rings is 2. The van der Waals surface area contributed by atoms with Crippen molar-refractivity contribution < 1.29 is 4.79 Å². The summed E-state index contributed by atoms with van der Waals surface area (Å²) in [6.45, 7) is 0. The van der Waals surface area contributed by atoms with Gasteiger partial charge in [0.25, 0.3) is 5.91 Å². The summed E-state index contributed by atoms with van der Waals surface area (Å²) >= 11 is 4.79. The maximum Gasteiger partial charge on any atom is 0.264 e. The van der Waals surface area contributed by atoms with Gasteiger partial charge >= 0.3 is 0 Å². The normalized spacial score (nSPS) is 18.2. The lowest BCUT2D eigenvalue weighted by Crippen LogP contribution is -2.19. The quantitative estimate of drug-likeness (QED) is 0.811. The molecule has 3 nitrogen and oxygen atoms in total. The number of nitrogens with one attached hydrogen (secondary N) is 1. The van der Waals surface area contributed by atoms with Gasteiger partial charge in [0, 0.05) is 4.47 Å². The van der Waals surface area contributed by atoms with E-state index in [9.17, 15) is 4.79 Å². The molecule has 0 saturated carbocycles. The van der Waals surface area contributed by atoms with Gasteiger partial charge in [-0.15, -0.1) is 0 Å². The zero-order valence-corrected chi connectivity index (χ0v) is 13.3. The average molecular weight is 359 g/mol. The minimum absolute atomic E-state index is 0.116. The summed E-state index contributed by atoms with van der Waals surface area (Å²) in [5.41, 5.74) is 1.79. The third-order valence-electron chi connectivity index (χ3n) is 2.82. The van der Waals surface area contributed by atoms with Gasteiger partial charge < -0.3 is 5.32 Å². The minimum atomic E-state index is -0.116. The van der Waals surface area contributed by atoms with Crippen LogP contribution in [-0.4, -0.2) is 11.1 Å². The third-order valence-corrected chi connectivity index (χ3v) is 4.40. The van der Waals surface area contributed by atoms with E-state index in [1.807, 2.05) is 60.7 Å². The fourth-order valence-electron chi connectivity index (χ4n) is 1.83. The summed E-state index contributed by atoms with van der Waals surface area (Å²) in [6, 6.07) is 17.4. The third kappa shape index (κ3) is 3.43. The Kier molecular flexibility index (Phi) is 4.22. The van der Waals surface area contributed by atoms with E-state index in [-0.39, 0.29) is 5.91 Å². The lowest BCUT2D eigenvalue weighted by atomic mass is 10.2. The molecule has 0 atom stereocenters. The molecule has 1 heterocycles. The maximum absolute atomic E-state index is 12.0. The van der Waals surface area contributed by atoms with E-state index >= 15 is 0 Å². The molecule has 0 aliphatic carbocycles. The Bertz CT molecular complexity index is 741. The van der Waals surface area contributed by atoms with E-state index in [4.69, 9.17) is 0 Å². The largest absolute Gasteiger partial charge is 0.300 e. The molecule has 0 spiro atoms. The standard InChI is InChI=1S/C16H11BrN2OS/c17-12-8-4-5-9-13(12)18-16-19-15(20)14(21-16)10-11-6-2-1-3-7-11/h1-10H,(H,18,19,20)/b14-10+. The smallest absolute Gasteiger partial charge is 0.264 e. The molecule has 1 aliphatic rings. The Hall–Kier alpha value is -1.85. The average Bonchev–Trinajstić information content (AvgIpc) is 2.82.